The molecule has 1 unspecified atom stereocenters. The molecule has 25 heteroatoms. The first kappa shape index (κ1) is 59.3. The number of carbonyl (C=O) groups excluding carboxylic acids is 9. The maximum absolute atomic E-state index is 14.6. The van der Waals surface area contributed by atoms with E-state index in [9.17, 15) is 43.2 Å². The first-order valence-corrected chi connectivity index (χ1v) is 25.1. The van der Waals surface area contributed by atoms with Gasteiger partial charge in [0.2, 0.25) is 53.2 Å². The topological polar surface area (TPSA) is 420 Å². The van der Waals surface area contributed by atoms with E-state index in [1.807, 2.05) is 24.3 Å². The second kappa shape index (κ2) is 30.1. The number of fused-ring (bicyclic) bond motifs is 1. The Hall–Kier alpha value is -8.25. The van der Waals surface area contributed by atoms with Crippen molar-refractivity contribution in [2.24, 2.45) is 44.6 Å². The van der Waals surface area contributed by atoms with Crippen LogP contribution in [0.5, 0.6) is 0 Å². The fourth-order valence-corrected chi connectivity index (χ4v) is 8.37. The summed E-state index contributed by atoms with van der Waals surface area (Å²) in [7, 11) is 0. The molecule has 2 aromatic carbocycles. The van der Waals surface area contributed by atoms with E-state index in [2.05, 4.69) is 57.5 Å². The summed E-state index contributed by atoms with van der Waals surface area (Å²) in [4.78, 5) is 136. The Morgan fingerprint density at radius 3 is 1.93 bits per heavy atom. The Labute approximate surface area is 435 Å². The van der Waals surface area contributed by atoms with Gasteiger partial charge in [0.05, 0.1) is 6.42 Å². The van der Waals surface area contributed by atoms with Gasteiger partial charge in [-0.1, -0.05) is 62.4 Å². The van der Waals surface area contributed by atoms with Crippen LogP contribution in [0, 0.1) is 5.92 Å². The van der Waals surface area contributed by atoms with Crippen molar-refractivity contribution >= 4 is 76.0 Å². The van der Waals surface area contributed by atoms with Crippen LogP contribution in [-0.2, 0) is 56.0 Å². The van der Waals surface area contributed by atoms with Crippen LogP contribution >= 0.6 is 0 Å². The third kappa shape index (κ3) is 20.7. The Kier molecular flexibility index (Phi) is 23.8. The van der Waals surface area contributed by atoms with Crippen molar-refractivity contribution in [3.8, 4) is 0 Å². The minimum absolute atomic E-state index is 0.0318. The maximum atomic E-state index is 14.6. The zero-order valence-electron chi connectivity index (χ0n) is 42.7. The lowest BCUT2D eigenvalue weighted by Crippen LogP contribution is -2.60. The number of primary amides is 1. The van der Waals surface area contributed by atoms with Crippen LogP contribution in [0.15, 0.2) is 70.8 Å². The third-order valence-corrected chi connectivity index (χ3v) is 12.1. The van der Waals surface area contributed by atoms with Crippen molar-refractivity contribution in [3.63, 3.8) is 0 Å². The van der Waals surface area contributed by atoms with E-state index in [-0.39, 0.29) is 102 Å². The summed E-state index contributed by atoms with van der Waals surface area (Å²) in [5.74, 6) is -7.57. The number of nitrogens with one attached hydrogen (secondary N) is 9. The quantitative estimate of drug-likeness (QED) is 0.0363. The lowest BCUT2D eigenvalue weighted by molar-refractivity contribution is -0.136. The van der Waals surface area contributed by atoms with Crippen LogP contribution in [0.25, 0.3) is 10.9 Å². The lowest BCUT2D eigenvalue weighted by Gasteiger charge is -2.28. The summed E-state index contributed by atoms with van der Waals surface area (Å²) in [6, 6.07) is 6.68. The van der Waals surface area contributed by atoms with Crippen molar-refractivity contribution < 1.29 is 43.2 Å². The van der Waals surface area contributed by atoms with E-state index >= 15 is 0 Å². The maximum Gasteiger partial charge on any atom is 0.243 e. The first-order chi connectivity index (χ1) is 35.7. The summed E-state index contributed by atoms with van der Waals surface area (Å²) >= 11 is 0. The van der Waals surface area contributed by atoms with Crippen molar-refractivity contribution in [2.75, 3.05) is 19.6 Å². The summed E-state index contributed by atoms with van der Waals surface area (Å²) in [6.07, 6.45) is 1.96. The summed E-state index contributed by atoms with van der Waals surface area (Å²) < 4.78 is 0. The summed E-state index contributed by atoms with van der Waals surface area (Å²) in [5, 5.41) is 22.3. The highest BCUT2D eigenvalue weighted by Gasteiger charge is 2.35. The molecule has 7 atom stereocenters. The molecule has 0 spiro atoms. The van der Waals surface area contributed by atoms with E-state index in [1.54, 1.807) is 50.4 Å². The van der Waals surface area contributed by atoms with Crippen molar-refractivity contribution in [2.45, 2.75) is 134 Å². The van der Waals surface area contributed by atoms with Crippen LogP contribution in [-0.4, -0.2) is 132 Å². The summed E-state index contributed by atoms with van der Waals surface area (Å²) in [6.45, 7) is 5.03. The van der Waals surface area contributed by atoms with E-state index in [4.69, 9.17) is 28.7 Å². The van der Waals surface area contributed by atoms with Crippen LogP contribution in [0.2, 0.25) is 0 Å². The number of nitrogens with zero attached hydrogens (tertiary/aromatic N) is 2. The van der Waals surface area contributed by atoms with E-state index in [0.29, 0.717) is 11.1 Å². The molecule has 0 saturated carbocycles. The number of H-pyrrole nitrogens is 1. The third-order valence-electron chi connectivity index (χ3n) is 12.1. The fourth-order valence-electron chi connectivity index (χ4n) is 8.37. The number of aliphatic imine (C=N–C) groups is 2. The van der Waals surface area contributed by atoms with Crippen LogP contribution in [0.4, 0.5) is 0 Å². The van der Waals surface area contributed by atoms with Crippen molar-refractivity contribution in [3.05, 3.63) is 71.9 Å². The molecule has 1 aliphatic heterocycles. The Morgan fingerprint density at radius 2 is 1.28 bits per heavy atom. The minimum atomic E-state index is -1.59. The molecule has 1 aromatic heterocycles. The Morgan fingerprint density at radius 1 is 0.693 bits per heavy atom. The van der Waals surface area contributed by atoms with Gasteiger partial charge >= 0.3 is 0 Å². The molecule has 1 aliphatic rings. The molecule has 0 aliphatic carbocycles. The number of carbonyl (C=O) groups is 9. The number of aromatic amines is 1. The van der Waals surface area contributed by atoms with Gasteiger partial charge in [0.15, 0.2) is 11.9 Å². The largest absolute Gasteiger partial charge is 0.370 e. The van der Waals surface area contributed by atoms with Gasteiger partial charge in [-0.3, -0.25) is 53.1 Å². The smallest absolute Gasteiger partial charge is 0.243 e. The fraction of sp³-hybridized carbons (Fsp3) is 0.500. The molecule has 0 bridgehead atoms. The molecule has 4 rings (SSSR count). The van der Waals surface area contributed by atoms with Crippen LogP contribution < -0.4 is 71.2 Å². The number of aromatic nitrogens is 1. The monoisotopic (exact) mass is 1040 g/mol. The zero-order chi connectivity index (χ0) is 55.0. The van der Waals surface area contributed by atoms with Gasteiger partial charge in [-0.05, 0) is 74.5 Å². The molecule has 9 amide bonds. The van der Waals surface area contributed by atoms with Crippen LogP contribution in [0.1, 0.15) is 89.7 Å². The normalized spacial score (nSPS) is 21.2. The number of guanidine groups is 2. The van der Waals surface area contributed by atoms with E-state index in [1.165, 1.54) is 6.92 Å². The highest BCUT2D eigenvalue weighted by atomic mass is 16.2. The number of nitrogens with two attached hydrogens (primary N) is 5. The molecule has 1 saturated heterocycles. The number of hydrogen-bond acceptors (Lipinski definition) is 11. The molecule has 1 fully saturated rings. The predicted molar refractivity (Wildman–Crippen MR) is 281 cm³/mol. The molecule has 0 radical (unpaired) electrons. The molecule has 75 heavy (non-hydrogen) atoms. The van der Waals surface area contributed by atoms with Gasteiger partial charge in [0, 0.05) is 56.5 Å². The van der Waals surface area contributed by atoms with E-state index in [0.717, 1.165) is 10.9 Å². The Bertz CT molecular complexity index is 2510. The number of rotatable bonds is 18. The van der Waals surface area contributed by atoms with Gasteiger partial charge in [0.1, 0.15) is 42.3 Å². The molecule has 19 N–H and O–H groups in total. The average molecular weight is 1040 g/mol. The lowest BCUT2D eigenvalue weighted by atomic mass is 9.99. The van der Waals surface area contributed by atoms with Gasteiger partial charge in [-0.2, -0.15) is 0 Å². The Balaban J connectivity index is 1.77. The highest BCUT2D eigenvalue weighted by Crippen LogP contribution is 2.20. The number of amides is 9. The number of benzene rings is 2. The van der Waals surface area contributed by atoms with E-state index < -0.39 is 102 Å². The van der Waals surface area contributed by atoms with Crippen LogP contribution in [0.3, 0.4) is 0 Å². The molecule has 2 heterocycles. The zero-order valence-corrected chi connectivity index (χ0v) is 42.7. The number of para-hydroxylation sites is 1. The predicted octanol–water partition coefficient (Wildman–Crippen LogP) is -2.30. The van der Waals surface area contributed by atoms with Gasteiger partial charge in [-0.15, -0.1) is 0 Å². The average Bonchev–Trinajstić information content (AvgIpc) is 3.76. The van der Waals surface area contributed by atoms with Gasteiger partial charge < -0.3 is 76.2 Å². The standard InChI is InChI=1S/C50H74N16O9/c1-28(2)23-37-45(72)64-38(24-30-13-5-4-6-14-30)46(73)62-36(19-12-22-58-50(54)55)44(71)65-39(25-31-27-59-33-16-8-7-15-32(31)33)47(74)61-34(42(51)69)17-9-10-20-56-41(68)26-40(48(75)63-37)66-43(70)35(60-29(3)67)18-11-21-57-49(52)53/h4-8,13-16,27-28,34-40,59H,9-12,17-26H2,1-3H3,(H2,51,69)(H,56,68)(H,60,67)(H,61,74)(H,62,73)(H,63,75)(H,64,72)(H,65,71)(H,66,70)(H4,52,53,57)(H4,54,55,58)/t34?,35-,36-,37+,38+,39-,40-/m0/s1. The molecule has 408 valence electrons. The minimum Gasteiger partial charge on any atom is -0.370 e. The molecule has 25 nitrogen and oxygen atoms in total. The second-order valence-corrected chi connectivity index (χ2v) is 18.9. The molecular formula is C50H74N16O9. The summed E-state index contributed by atoms with van der Waals surface area (Å²) in [5.41, 5.74) is 29.9. The first-order valence-electron chi connectivity index (χ1n) is 25.1. The number of hydrogen-bond donors (Lipinski definition) is 14. The molecular weight excluding hydrogens is 969 g/mol. The van der Waals surface area contributed by atoms with Crippen molar-refractivity contribution in [1.82, 2.24) is 47.5 Å². The van der Waals surface area contributed by atoms with Gasteiger partial charge in [0.25, 0.3) is 0 Å². The van der Waals surface area contributed by atoms with Crippen molar-refractivity contribution in [1.29, 1.82) is 0 Å². The SMILES string of the molecule is CC(=O)N[C@@H](CCCN=C(N)N)C(=O)N[C@H]1CC(=O)NCCCCC(C(N)=O)NC(=O)[C@H](Cc2c[nH]c3ccccc23)NC(=O)[C@H](CCCN=C(N)N)NC(=O)[C@@H](Cc2ccccc2)NC(=O)[C@@H](CC(C)C)NC1=O. The molecule has 3 aromatic rings. The second-order valence-electron chi connectivity index (χ2n) is 18.9. The van der Waals surface area contributed by atoms with Gasteiger partial charge in [-0.25, -0.2) is 0 Å². The highest BCUT2D eigenvalue weighted by molar-refractivity contribution is 5.99.